The Morgan fingerprint density at radius 3 is 2.60 bits per heavy atom. The lowest BCUT2D eigenvalue weighted by molar-refractivity contribution is 0.190. The number of nitriles is 1. The van der Waals surface area contributed by atoms with Crippen molar-refractivity contribution in [3.05, 3.63) is 0 Å². The van der Waals surface area contributed by atoms with E-state index in [2.05, 4.69) is 6.07 Å². The van der Waals surface area contributed by atoms with Gasteiger partial charge in [-0.05, 0) is 18.8 Å². The molecule has 0 aromatic rings. The van der Waals surface area contributed by atoms with E-state index >= 15 is 0 Å². The van der Waals surface area contributed by atoms with Crippen LogP contribution in [0.1, 0.15) is 19.3 Å². The fourth-order valence-electron chi connectivity index (χ4n) is 1.29. The average molecular weight is 139 g/mol. The Kier molecular flexibility index (Phi) is 2.67. The van der Waals surface area contributed by atoms with Crippen LogP contribution in [0.15, 0.2) is 0 Å². The van der Waals surface area contributed by atoms with E-state index in [0.717, 1.165) is 25.9 Å². The molecule has 1 aliphatic rings. The van der Waals surface area contributed by atoms with Gasteiger partial charge >= 0.3 is 0 Å². The number of hydrogen-bond donors (Lipinski definition) is 1. The maximum atomic E-state index is 8.39. The second-order valence-electron chi connectivity index (χ2n) is 2.84. The predicted octanol–water partition coefficient (Wildman–Crippen LogP) is 0.486. The third kappa shape index (κ3) is 1.98. The Morgan fingerprint density at radius 2 is 2.10 bits per heavy atom. The highest BCUT2D eigenvalue weighted by Gasteiger charge is 2.15. The van der Waals surface area contributed by atoms with Gasteiger partial charge in [0, 0.05) is 19.5 Å². The van der Waals surface area contributed by atoms with Gasteiger partial charge in [-0.25, -0.2) is 5.01 Å². The van der Waals surface area contributed by atoms with Crippen molar-refractivity contribution in [1.29, 1.82) is 5.26 Å². The first-order chi connectivity index (χ1) is 4.83. The second kappa shape index (κ2) is 3.55. The van der Waals surface area contributed by atoms with Crippen LogP contribution in [0.25, 0.3) is 0 Å². The molecule has 1 fully saturated rings. The third-order valence-electron chi connectivity index (χ3n) is 2.03. The van der Waals surface area contributed by atoms with Crippen molar-refractivity contribution < 1.29 is 0 Å². The van der Waals surface area contributed by atoms with Crippen LogP contribution >= 0.6 is 0 Å². The smallest absolute Gasteiger partial charge is 0.0624 e. The SMILES string of the molecule is N#CCC1CCN(N)CC1. The van der Waals surface area contributed by atoms with Crippen molar-refractivity contribution in [2.24, 2.45) is 11.8 Å². The summed E-state index contributed by atoms with van der Waals surface area (Å²) in [5.74, 6) is 6.15. The summed E-state index contributed by atoms with van der Waals surface area (Å²) < 4.78 is 0. The van der Waals surface area contributed by atoms with E-state index in [1.807, 2.05) is 5.01 Å². The lowest BCUT2D eigenvalue weighted by atomic mass is 9.95. The number of hydrazine groups is 1. The minimum Gasteiger partial charge on any atom is -0.269 e. The maximum Gasteiger partial charge on any atom is 0.0624 e. The topological polar surface area (TPSA) is 53.0 Å². The Bertz CT molecular complexity index is 130. The highest BCUT2D eigenvalue weighted by Crippen LogP contribution is 2.17. The first kappa shape index (κ1) is 7.52. The van der Waals surface area contributed by atoms with Crippen LogP contribution in [-0.4, -0.2) is 18.1 Å². The molecule has 2 N–H and O–H groups in total. The molecule has 0 bridgehead atoms. The summed E-state index contributed by atoms with van der Waals surface area (Å²) in [5, 5.41) is 10.2. The van der Waals surface area contributed by atoms with Crippen molar-refractivity contribution in [3.8, 4) is 6.07 Å². The van der Waals surface area contributed by atoms with Crippen LogP contribution in [0.3, 0.4) is 0 Å². The highest BCUT2D eigenvalue weighted by molar-refractivity contribution is 4.79. The van der Waals surface area contributed by atoms with Crippen LogP contribution in [-0.2, 0) is 0 Å². The molecule has 1 saturated heterocycles. The van der Waals surface area contributed by atoms with Crippen LogP contribution in [0.4, 0.5) is 0 Å². The molecule has 0 aromatic carbocycles. The standard InChI is InChI=1S/C7H13N3/c8-4-1-7-2-5-10(9)6-3-7/h7H,1-3,5-6,9H2. The number of piperidine rings is 1. The highest BCUT2D eigenvalue weighted by atomic mass is 15.4. The van der Waals surface area contributed by atoms with Gasteiger partial charge in [0.05, 0.1) is 6.07 Å². The van der Waals surface area contributed by atoms with Crippen LogP contribution in [0.2, 0.25) is 0 Å². The summed E-state index contributed by atoms with van der Waals surface area (Å²) in [7, 11) is 0. The lowest BCUT2D eigenvalue weighted by Gasteiger charge is -2.26. The predicted molar refractivity (Wildman–Crippen MR) is 38.7 cm³/mol. The molecular weight excluding hydrogens is 126 g/mol. The first-order valence-electron chi connectivity index (χ1n) is 3.69. The molecule has 0 aromatic heterocycles. The maximum absolute atomic E-state index is 8.39. The molecule has 0 spiro atoms. The molecule has 0 amide bonds. The first-order valence-corrected chi connectivity index (χ1v) is 3.69. The van der Waals surface area contributed by atoms with E-state index < -0.39 is 0 Å². The van der Waals surface area contributed by atoms with Gasteiger partial charge in [-0.1, -0.05) is 0 Å². The van der Waals surface area contributed by atoms with Crippen LogP contribution in [0.5, 0.6) is 0 Å². The monoisotopic (exact) mass is 139 g/mol. The quantitative estimate of drug-likeness (QED) is 0.538. The lowest BCUT2D eigenvalue weighted by Crippen LogP contribution is -2.38. The van der Waals surface area contributed by atoms with Crippen LogP contribution in [0, 0.1) is 17.2 Å². The van der Waals surface area contributed by atoms with Gasteiger partial charge in [0.25, 0.3) is 0 Å². The van der Waals surface area contributed by atoms with E-state index in [4.69, 9.17) is 11.1 Å². The molecule has 0 aliphatic carbocycles. The third-order valence-corrected chi connectivity index (χ3v) is 2.03. The molecule has 0 radical (unpaired) electrons. The minimum absolute atomic E-state index is 0.602. The second-order valence-corrected chi connectivity index (χ2v) is 2.84. The van der Waals surface area contributed by atoms with Gasteiger partial charge in [0.2, 0.25) is 0 Å². The van der Waals surface area contributed by atoms with E-state index in [-0.39, 0.29) is 0 Å². The summed E-state index contributed by atoms with van der Waals surface area (Å²) in [4.78, 5) is 0. The van der Waals surface area contributed by atoms with Gasteiger partial charge in [-0.3, -0.25) is 5.84 Å². The molecular formula is C7H13N3. The Hall–Kier alpha value is -0.590. The summed E-state index contributed by atoms with van der Waals surface area (Å²) in [5.41, 5.74) is 0. The largest absolute Gasteiger partial charge is 0.269 e. The van der Waals surface area contributed by atoms with Gasteiger partial charge < -0.3 is 0 Å². The molecule has 56 valence electrons. The zero-order valence-electron chi connectivity index (χ0n) is 6.08. The van der Waals surface area contributed by atoms with Crippen molar-refractivity contribution in [2.45, 2.75) is 19.3 Å². The van der Waals surface area contributed by atoms with Crippen LogP contribution < -0.4 is 5.84 Å². The van der Waals surface area contributed by atoms with E-state index in [0.29, 0.717) is 12.3 Å². The molecule has 0 atom stereocenters. The summed E-state index contributed by atoms with van der Waals surface area (Å²) in [6.07, 6.45) is 2.88. The summed E-state index contributed by atoms with van der Waals surface area (Å²) in [6, 6.07) is 2.19. The van der Waals surface area contributed by atoms with E-state index in [1.165, 1.54) is 0 Å². The number of nitrogens with zero attached hydrogens (tertiary/aromatic N) is 2. The molecule has 0 saturated carbocycles. The van der Waals surface area contributed by atoms with Crippen molar-refractivity contribution in [2.75, 3.05) is 13.1 Å². The molecule has 3 nitrogen and oxygen atoms in total. The van der Waals surface area contributed by atoms with Gasteiger partial charge in [-0.2, -0.15) is 5.26 Å². The van der Waals surface area contributed by atoms with E-state index in [9.17, 15) is 0 Å². The fraction of sp³-hybridized carbons (Fsp3) is 0.857. The molecule has 1 rings (SSSR count). The van der Waals surface area contributed by atoms with Gasteiger partial charge in [-0.15, -0.1) is 0 Å². The average Bonchev–Trinajstić information content (AvgIpc) is 1.95. The van der Waals surface area contributed by atoms with E-state index in [1.54, 1.807) is 0 Å². The number of nitrogens with two attached hydrogens (primary N) is 1. The fourth-order valence-corrected chi connectivity index (χ4v) is 1.29. The summed E-state index contributed by atoms with van der Waals surface area (Å²) >= 11 is 0. The number of hydrogen-bond acceptors (Lipinski definition) is 3. The van der Waals surface area contributed by atoms with Crippen molar-refractivity contribution >= 4 is 0 Å². The minimum atomic E-state index is 0.602. The van der Waals surface area contributed by atoms with Gasteiger partial charge in [0.15, 0.2) is 0 Å². The molecule has 1 aliphatic heterocycles. The molecule has 3 heteroatoms. The Morgan fingerprint density at radius 1 is 1.50 bits per heavy atom. The zero-order chi connectivity index (χ0) is 7.40. The normalized spacial score (nSPS) is 22.4. The Balaban J connectivity index is 2.21. The molecule has 1 heterocycles. The molecule has 10 heavy (non-hydrogen) atoms. The van der Waals surface area contributed by atoms with Crippen molar-refractivity contribution in [3.63, 3.8) is 0 Å². The zero-order valence-corrected chi connectivity index (χ0v) is 6.08. The molecule has 0 unspecified atom stereocenters. The van der Waals surface area contributed by atoms with Crippen molar-refractivity contribution in [1.82, 2.24) is 5.01 Å². The number of rotatable bonds is 1. The summed E-state index contributed by atoms with van der Waals surface area (Å²) in [6.45, 7) is 1.90. The van der Waals surface area contributed by atoms with Gasteiger partial charge in [0.1, 0.15) is 0 Å². The Labute approximate surface area is 61.4 Å².